The van der Waals surface area contributed by atoms with Crippen molar-refractivity contribution in [2.45, 2.75) is 25.8 Å². The minimum atomic E-state index is 0. The van der Waals surface area contributed by atoms with Crippen molar-refractivity contribution in [1.82, 2.24) is 4.98 Å². The van der Waals surface area contributed by atoms with Gasteiger partial charge in [0.15, 0.2) is 5.96 Å². The number of benzene rings is 1. The number of para-hydroxylation sites is 1. The summed E-state index contributed by atoms with van der Waals surface area (Å²) in [7, 11) is 0. The minimum absolute atomic E-state index is 0. The zero-order chi connectivity index (χ0) is 15.9. The Morgan fingerprint density at radius 1 is 1.12 bits per heavy atom. The number of nitrogens with two attached hydrogens (primary N) is 1. The Morgan fingerprint density at radius 2 is 1.88 bits per heavy atom. The Labute approximate surface area is 160 Å². The van der Waals surface area contributed by atoms with Gasteiger partial charge in [0.1, 0.15) is 5.82 Å². The molecule has 0 saturated carbocycles. The first-order valence-corrected chi connectivity index (χ1v) is 8.13. The molecule has 24 heavy (non-hydrogen) atoms. The van der Waals surface area contributed by atoms with Crippen molar-refractivity contribution in [3.05, 3.63) is 54.2 Å². The number of piperidine rings is 1. The zero-order valence-electron chi connectivity index (χ0n) is 13.7. The number of nitrogens with one attached hydrogen (secondary N) is 1. The third-order valence-corrected chi connectivity index (χ3v) is 3.97. The molecule has 5 nitrogen and oxygen atoms in total. The first kappa shape index (κ1) is 18.5. The maximum absolute atomic E-state index is 5.95. The molecule has 1 saturated heterocycles. The lowest BCUT2D eigenvalue weighted by atomic mass is 10.1. The van der Waals surface area contributed by atoms with Gasteiger partial charge in [-0.25, -0.2) is 9.98 Å². The summed E-state index contributed by atoms with van der Waals surface area (Å²) in [5.41, 5.74) is 8.01. The molecule has 3 N–H and O–H groups in total. The van der Waals surface area contributed by atoms with Crippen molar-refractivity contribution in [2.75, 3.05) is 23.3 Å². The van der Waals surface area contributed by atoms with Gasteiger partial charge in [0.05, 0.1) is 6.54 Å². The van der Waals surface area contributed by atoms with Crippen LogP contribution in [0.1, 0.15) is 24.8 Å². The zero-order valence-corrected chi connectivity index (χ0v) is 16.0. The van der Waals surface area contributed by atoms with Crippen molar-refractivity contribution in [3.63, 3.8) is 0 Å². The molecule has 0 radical (unpaired) electrons. The molecule has 1 aliphatic rings. The summed E-state index contributed by atoms with van der Waals surface area (Å²) >= 11 is 0. The SMILES string of the molecule is I.NC(=NCc1ccnc(N2CCCCC2)c1)Nc1ccccc1. The number of anilines is 2. The number of hydrogen-bond acceptors (Lipinski definition) is 3. The molecule has 1 fully saturated rings. The van der Waals surface area contributed by atoms with Gasteiger partial charge in [-0.2, -0.15) is 0 Å². The van der Waals surface area contributed by atoms with Crippen LogP contribution in [0.15, 0.2) is 53.7 Å². The van der Waals surface area contributed by atoms with Gasteiger partial charge in [-0.05, 0) is 49.1 Å². The summed E-state index contributed by atoms with van der Waals surface area (Å²) < 4.78 is 0. The monoisotopic (exact) mass is 437 g/mol. The predicted octanol–water partition coefficient (Wildman–Crippen LogP) is 3.62. The Hall–Kier alpha value is -1.83. The van der Waals surface area contributed by atoms with Crippen LogP contribution in [-0.4, -0.2) is 24.0 Å². The molecule has 0 atom stereocenters. The number of hydrogen-bond donors (Lipinski definition) is 2. The van der Waals surface area contributed by atoms with E-state index in [0.717, 1.165) is 30.2 Å². The molecule has 1 aliphatic heterocycles. The van der Waals surface area contributed by atoms with Gasteiger partial charge < -0.3 is 16.0 Å². The minimum Gasteiger partial charge on any atom is -0.370 e. The van der Waals surface area contributed by atoms with Crippen LogP contribution in [0.3, 0.4) is 0 Å². The van der Waals surface area contributed by atoms with Crippen LogP contribution < -0.4 is 16.0 Å². The van der Waals surface area contributed by atoms with E-state index in [2.05, 4.69) is 26.3 Å². The third-order valence-electron chi connectivity index (χ3n) is 3.97. The summed E-state index contributed by atoms with van der Waals surface area (Å²) in [6.45, 7) is 2.74. The smallest absolute Gasteiger partial charge is 0.193 e. The van der Waals surface area contributed by atoms with E-state index >= 15 is 0 Å². The van der Waals surface area contributed by atoms with Crippen LogP contribution in [0.2, 0.25) is 0 Å². The van der Waals surface area contributed by atoms with Crippen LogP contribution in [0.5, 0.6) is 0 Å². The molecule has 1 aromatic heterocycles. The average Bonchev–Trinajstić information content (AvgIpc) is 2.62. The molecule has 1 aromatic carbocycles. The fraction of sp³-hybridized carbons (Fsp3) is 0.333. The van der Waals surface area contributed by atoms with E-state index in [1.165, 1.54) is 19.3 Å². The summed E-state index contributed by atoms with van der Waals surface area (Å²) in [6, 6.07) is 13.9. The van der Waals surface area contributed by atoms with Crippen molar-refractivity contribution in [3.8, 4) is 0 Å². The Kier molecular flexibility index (Phi) is 7.30. The number of rotatable bonds is 4. The fourth-order valence-corrected chi connectivity index (χ4v) is 2.74. The van der Waals surface area contributed by atoms with Gasteiger partial charge in [-0.3, -0.25) is 0 Å². The lowest BCUT2D eigenvalue weighted by Crippen LogP contribution is -2.30. The Balaban J connectivity index is 0.00000208. The third kappa shape index (κ3) is 5.36. The number of guanidine groups is 1. The van der Waals surface area contributed by atoms with Crippen LogP contribution in [-0.2, 0) is 6.54 Å². The van der Waals surface area contributed by atoms with Crippen LogP contribution in [0.25, 0.3) is 0 Å². The van der Waals surface area contributed by atoms with E-state index in [1.54, 1.807) is 0 Å². The molecule has 0 bridgehead atoms. The van der Waals surface area contributed by atoms with Gasteiger partial charge in [0.2, 0.25) is 0 Å². The number of aliphatic imine (C=N–C) groups is 1. The highest BCUT2D eigenvalue weighted by Crippen LogP contribution is 2.18. The Bertz CT molecular complexity index is 653. The lowest BCUT2D eigenvalue weighted by molar-refractivity contribution is 0.573. The summed E-state index contributed by atoms with van der Waals surface area (Å²) in [4.78, 5) is 11.3. The van der Waals surface area contributed by atoms with Gasteiger partial charge >= 0.3 is 0 Å². The van der Waals surface area contributed by atoms with E-state index in [9.17, 15) is 0 Å². The molecule has 0 spiro atoms. The molecule has 2 heterocycles. The topological polar surface area (TPSA) is 66.5 Å². The lowest BCUT2D eigenvalue weighted by Gasteiger charge is -2.27. The average molecular weight is 437 g/mol. The maximum atomic E-state index is 5.95. The summed E-state index contributed by atoms with van der Waals surface area (Å²) in [6.07, 6.45) is 5.67. The molecule has 2 aromatic rings. The second-order valence-electron chi connectivity index (χ2n) is 5.76. The molecular weight excluding hydrogens is 413 g/mol. The molecule has 6 heteroatoms. The van der Waals surface area contributed by atoms with E-state index < -0.39 is 0 Å². The Morgan fingerprint density at radius 3 is 2.62 bits per heavy atom. The molecule has 3 rings (SSSR count). The number of halogens is 1. The summed E-state index contributed by atoms with van der Waals surface area (Å²) in [5.74, 6) is 1.47. The highest BCUT2D eigenvalue weighted by Gasteiger charge is 2.12. The van der Waals surface area contributed by atoms with Crippen molar-refractivity contribution >= 4 is 41.4 Å². The molecule has 0 amide bonds. The first-order valence-electron chi connectivity index (χ1n) is 8.13. The maximum Gasteiger partial charge on any atom is 0.193 e. The predicted molar refractivity (Wildman–Crippen MR) is 111 cm³/mol. The first-order chi connectivity index (χ1) is 11.3. The molecule has 0 unspecified atom stereocenters. The van der Waals surface area contributed by atoms with Gasteiger partial charge in [-0.1, -0.05) is 18.2 Å². The normalized spacial score (nSPS) is 14.8. The number of pyridine rings is 1. The van der Waals surface area contributed by atoms with Gasteiger partial charge in [0, 0.05) is 25.0 Å². The number of aromatic nitrogens is 1. The van der Waals surface area contributed by atoms with E-state index in [-0.39, 0.29) is 24.0 Å². The largest absolute Gasteiger partial charge is 0.370 e. The molecule has 0 aliphatic carbocycles. The van der Waals surface area contributed by atoms with Crippen LogP contribution >= 0.6 is 24.0 Å². The van der Waals surface area contributed by atoms with Gasteiger partial charge in [-0.15, -0.1) is 24.0 Å². The highest BCUT2D eigenvalue weighted by atomic mass is 127. The van der Waals surface area contributed by atoms with Crippen molar-refractivity contribution < 1.29 is 0 Å². The van der Waals surface area contributed by atoms with Crippen molar-refractivity contribution in [2.24, 2.45) is 10.7 Å². The van der Waals surface area contributed by atoms with E-state index in [0.29, 0.717) is 12.5 Å². The molecular formula is C18H24IN5. The van der Waals surface area contributed by atoms with Crippen LogP contribution in [0, 0.1) is 0 Å². The van der Waals surface area contributed by atoms with E-state index in [4.69, 9.17) is 5.73 Å². The second-order valence-corrected chi connectivity index (χ2v) is 5.76. The van der Waals surface area contributed by atoms with Gasteiger partial charge in [0.25, 0.3) is 0 Å². The second kappa shape index (κ2) is 9.46. The molecule has 128 valence electrons. The van der Waals surface area contributed by atoms with E-state index in [1.807, 2.05) is 42.6 Å². The fourth-order valence-electron chi connectivity index (χ4n) is 2.74. The van der Waals surface area contributed by atoms with Crippen LogP contribution in [0.4, 0.5) is 11.5 Å². The quantitative estimate of drug-likeness (QED) is 0.436. The highest BCUT2D eigenvalue weighted by molar-refractivity contribution is 14.0. The number of nitrogens with zero attached hydrogens (tertiary/aromatic N) is 3. The standard InChI is InChI=1S/C18H23N5.HI/c19-18(22-16-7-3-1-4-8-16)21-14-15-9-10-20-17(13-15)23-11-5-2-6-12-23;/h1,3-4,7-10,13H,2,5-6,11-12,14H2,(H3,19,21,22);1H. The van der Waals surface area contributed by atoms with Crippen molar-refractivity contribution in [1.29, 1.82) is 0 Å². The summed E-state index contributed by atoms with van der Waals surface area (Å²) in [5, 5.41) is 3.09.